The predicted molar refractivity (Wildman–Crippen MR) is 101 cm³/mol. The highest BCUT2D eigenvalue weighted by atomic mass is 35.5. The minimum absolute atomic E-state index is 0.0545. The van der Waals surface area contributed by atoms with Crippen molar-refractivity contribution in [3.05, 3.63) is 47.5 Å². The topological polar surface area (TPSA) is 89.3 Å². The lowest BCUT2D eigenvalue weighted by Gasteiger charge is -2.19. The van der Waals surface area contributed by atoms with Crippen LogP contribution in [-0.2, 0) is 9.59 Å². The van der Waals surface area contributed by atoms with Crippen LogP contribution in [-0.4, -0.2) is 40.1 Å². The first-order valence-corrected chi connectivity index (χ1v) is 8.83. The molecule has 0 unspecified atom stereocenters. The van der Waals surface area contributed by atoms with Gasteiger partial charge in [-0.1, -0.05) is 28.6 Å². The predicted octanol–water partition coefficient (Wildman–Crippen LogP) is 2.28. The van der Waals surface area contributed by atoms with E-state index in [9.17, 15) is 9.59 Å². The molecule has 1 aromatic heterocycles. The average molecular weight is 386 g/mol. The van der Waals surface area contributed by atoms with E-state index < -0.39 is 0 Å². The van der Waals surface area contributed by atoms with Gasteiger partial charge in [0, 0.05) is 18.0 Å². The zero-order valence-electron chi connectivity index (χ0n) is 14.3. The summed E-state index contributed by atoms with van der Waals surface area (Å²) in [5, 5.41) is 11.1. The maximum atomic E-state index is 12.3. The Morgan fingerprint density at radius 1 is 1.26 bits per heavy atom. The Labute approximate surface area is 159 Å². The molecule has 4 rings (SSSR count). The molecule has 0 bridgehead atoms. The van der Waals surface area contributed by atoms with Gasteiger partial charge in [-0.25, -0.2) is 0 Å². The van der Waals surface area contributed by atoms with E-state index >= 15 is 0 Å². The number of para-hydroxylation sites is 2. The van der Waals surface area contributed by atoms with E-state index in [-0.39, 0.29) is 18.4 Å². The summed E-state index contributed by atoms with van der Waals surface area (Å²) in [4.78, 5) is 32.6. The monoisotopic (exact) mass is 385 g/mol. The maximum Gasteiger partial charge on any atom is 0.265 e. The van der Waals surface area contributed by atoms with Gasteiger partial charge < -0.3 is 15.1 Å². The molecule has 2 aromatic carbocycles. The van der Waals surface area contributed by atoms with Crippen molar-refractivity contribution >= 4 is 45.8 Å². The van der Waals surface area contributed by atoms with Gasteiger partial charge in [-0.2, -0.15) is 0 Å². The summed E-state index contributed by atoms with van der Waals surface area (Å²) < 4.78 is 0. The fourth-order valence-electron chi connectivity index (χ4n) is 2.99. The Morgan fingerprint density at radius 2 is 2.11 bits per heavy atom. The molecule has 0 saturated carbocycles. The summed E-state index contributed by atoms with van der Waals surface area (Å²) in [6.45, 7) is 0.376. The Morgan fingerprint density at radius 3 is 2.93 bits per heavy atom. The summed E-state index contributed by atoms with van der Waals surface area (Å²) in [6, 6.07) is 12.3. The van der Waals surface area contributed by atoms with Gasteiger partial charge >= 0.3 is 0 Å². The lowest BCUT2D eigenvalue weighted by molar-refractivity contribution is -0.121. The molecule has 1 saturated heterocycles. The molecule has 2 amide bonds. The number of hydrogen-bond acceptors (Lipinski definition) is 5. The summed E-state index contributed by atoms with van der Waals surface area (Å²) >= 11 is 5.97. The van der Waals surface area contributed by atoms with Gasteiger partial charge in [-0.3, -0.25) is 9.59 Å². The van der Waals surface area contributed by atoms with E-state index in [0.29, 0.717) is 40.4 Å². The number of rotatable bonds is 5. The molecule has 1 N–H and O–H groups in total. The number of benzene rings is 2. The Kier molecular flexibility index (Phi) is 4.64. The fraction of sp³-hybridized carbons (Fsp3) is 0.222. The zero-order chi connectivity index (χ0) is 18.8. The second-order valence-corrected chi connectivity index (χ2v) is 6.52. The second kappa shape index (κ2) is 7.24. The largest absolute Gasteiger partial charge is 0.385 e. The molecule has 0 spiro atoms. The van der Waals surface area contributed by atoms with E-state index in [0.717, 1.165) is 11.3 Å². The molecule has 3 aromatic rings. The number of aromatic nitrogens is 3. The SMILES string of the molecule is O=C(COn1nnc2ccc(Cl)cc21)Nc1ccccc1N1CCCC1=O. The van der Waals surface area contributed by atoms with Gasteiger partial charge in [0.1, 0.15) is 11.0 Å². The smallest absolute Gasteiger partial charge is 0.265 e. The van der Waals surface area contributed by atoms with Crippen LogP contribution in [0, 0.1) is 0 Å². The molecule has 1 fully saturated rings. The van der Waals surface area contributed by atoms with Crippen LogP contribution in [0.25, 0.3) is 11.0 Å². The average Bonchev–Trinajstić information content (AvgIpc) is 3.26. The van der Waals surface area contributed by atoms with E-state index in [2.05, 4.69) is 15.6 Å². The minimum Gasteiger partial charge on any atom is -0.385 e. The van der Waals surface area contributed by atoms with Gasteiger partial charge in [0.15, 0.2) is 6.61 Å². The van der Waals surface area contributed by atoms with E-state index in [1.54, 1.807) is 35.2 Å². The zero-order valence-corrected chi connectivity index (χ0v) is 15.0. The third kappa shape index (κ3) is 3.56. The van der Waals surface area contributed by atoms with Crippen molar-refractivity contribution in [1.29, 1.82) is 0 Å². The highest BCUT2D eigenvalue weighted by Crippen LogP contribution is 2.29. The third-order valence-corrected chi connectivity index (χ3v) is 4.47. The lowest BCUT2D eigenvalue weighted by atomic mass is 10.2. The molecule has 1 aliphatic rings. The van der Waals surface area contributed by atoms with Crippen molar-refractivity contribution in [2.45, 2.75) is 12.8 Å². The van der Waals surface area contributed by atoms with Crippen LogP contribution in [0.4, 0.5) is 11.4 Å². The number of carbonyl (C=O) groups excluding carboxylic acids is 2. The van der Waals surface area contributed by atoms with Gasteiger partial charge in [-0.15, -0.1) is 5.10 Å². The molecular formula is C18H16ClN5O3. The summed E-state index contributed by atoms with van der Waals surface area (Å²) in [6.07, 6.45) is 1.33. The molecule has 27 heavy (non-hydrogen) atoms. The van der Waals surface area contributed by atoms with Crippen LogP contribution < -0.4 is 15.1 Å². The molecule has 8 nitrogen and oxygen atoms in total. The van der Waals surface area contributed by atoms with Gasteiger partial charge in [-0.05, 0) is 42.0 Å². The number of amides is 2. The molecular weight excluding hydrogens is 370 g/mol. The Hall–Kier alpha value is -3.13. The lowest BCUT2D eigenvalue weighted by Crippen LogP contribution is -2.28. The first-order chi connectivity index (χ1) is 13.1. The number of nitrogens with one attached hydrogen (secondary N) is 1. The van der Waals surface area contributed by atoms with Crippen molar-refractivity contribution in [3.8, 4) is 0 Å². The fourth-order valence-corrected chi connectivity index (χ4v) is 3.16. The first-order valence-electron chi connectivity index (χ1n) is 8.45. The van der Waals surface area contributed by atoms with Crippen LogP contribution in [0.2, 0.25) is 5.02 Å². The summed E-state index contributed by atoms with van der Waals surface area (Å²) in [7, 11) is 0. The van der Waals surface area contributed by atoms with Crippen molar-refractivity contribution in [2.75, 3.05) is 23.4 Å². The summed E-state index contributed by atoms with van der Waals surface area (Å²) in [5.41, 5.74) is 2.43. The van der Waals surface area contributed by atoms with Crippen LogP contribution in [0.15, 0.2) is 42.5 Å². The van der Waals surface area contributed by atoms with Crippen molar-refractivity contribution < 1.29 is 14.4 Å². The standard InChI is InChI=1S/C18H16ClN5O3/c19-12-7-8-14-16(10-12)24(22-21-14)27-11-17(25)20-13-4-1-2-5-15(13)23-9-3-6-18(23)26/h1-2,4-5,7-8,10H,3,6,9,11H2,(H,20,25). The Bertz CT molecular complexity index is 1020. The molecule has 0 aliphatic carbocycles. The minimum atomic E-state index is -0.375. The number of nitrogens with zero attached hydrogens (tertiary/aromatic N) is 4. The number of fused-ring (bicyclic) bond motifs is 1. The van der Waals surface area contributed by atoms with Crippen molar-refractivity contribution in [2.24, 2.45) is 0 Å². The van der Waals surface area contributed by atoms with Crippen molar-refractivity contribution in [1.82, 2.24) is 15.2 Å². The highest BCUT2D eigenvalue weighted by Gasteiger charge is 2.24. The molecule has 1 aliphatic heterocycles. The molecule has 0 atom stereocenters. The van der Waals surface area contributed by atoms with E-state index in [4.69, 9.17) is 16.4 Å². The molecule has 9 heteroatoms. The number of carbonyl (C=O) groups is 2. The van der Waals surface area contributed by atoms with Crippen LogP contribution in [0.1, 0.15) is 12.8 Å². The van der Waals surface area contributed by atoms with Gasteiger partial charge in [0.25, 0.3) is 5.91 Å². The maximum absolute atomic E-state index is 12.3. The molecule has 2 heterocycles. The first kappa shape index (κ1) is 17.3. The van der Waals surface area contributed by atoms with Gasteiger partial charge in [0.05, 0.1) is 11.4 Å². The van der Waals surface area contributed by atoms with Gasteiger partial charge in [0.2, 0.25) is 5.91 Å². The third-order valence-electron chi connectivity index (χ3n) is 4.24. The van der Waals surface area contributed by atoms with E-state index in [1.807, 2.05) is 12.1 Å². The van der Waals surface area contributed by atoms with Crippen molar-refractivity contribution in [3.63, 3.8) is 0 Å². The van der Waals surface area contributed by atoms with E-state index in [1.165, 1.54) is 0 Å². The normalized spacial score (nSPS) is 14.0. The van der Waals surface area contributed by atoms with Crippen LogP contribution >= 0.6 is 11.6 Å². The quantitative estimate of drug-likeness (QED) is 0.727. The second-order valence-electron chi connectivity index (χ2n) is 6.08. The highest BCUT2D eigenvalue weighted by molar-refractivity contribution is 6.31. The Balaban J connectivity index is 1.45. The summed E-state index contributed by atoms with van der Waals surface area (Å²) in [5.74, 6) is -0.321. The van der Waals surface area contributed by atoms with Crippen LogP contribution in [0.5, 0.6) is 0 Å². The molecule has 138 valence electrons. The number of hydrogen-bond donors (Lipinski definition) is 1. The number of halogens is 1. The number of anilines is 2. The van der Waals surface area contributed by atoms with Crippen LogP contribution in [0.3, 0.4) is 0 Å². The molecule has 0 radical (unpaired) electrons.